The lowest BCUT2D eigenvalue weighted by Gasteiger charge is -2.17. The van der Waals surface area contributed by atoms with E-state index in [0.717, 1.165) is 5.76 Å². The highest BCUT2D eigenvalue weighted by atomic mass is 16.5. The van der Waals surface area contributed by atoms with Crippen LogP contribution in [0.25, 0.3) is 0 Å². The van der Waals surface area contributed by atoms with Crippen LogP contribution in [-0.2, 0) is 4.74 Å². The Labute approximate surface area is 116 Å². The van der Waals surface area contributed by atoms with Gasteiger partial charge in [-0.2, -0.15) is 0 Å². The monoisotopic (exact) mass is 276 g/mol. The third kappa shape index (κ3) is 3.58. The number of methoxy groups -OCH3 is 1. The van der Waals surface area contributed by atoms with E-state index in [0.29, 0.717) is 18.8 Å². The van der Waals surface area contributed by atoms with Gasteiger partial charge in [0.2, 0.25) is 0 Å². The van der Waals surface area contributed by atoms with Gasteiger partial charge in [0.25, 0.3) is 0 Å². The van der Waals surface area contributed by atoms with E-state index < -0.39 is 5.97 Å². The summed E-state index contributed by atoms with van der Waals surface area (Å²) in [7, 11) is 1.63. The molecule has 0 radical (unpaired) electrons. The number of rotatable bonds is 7. The minimum atomic E-state index is -1.06. The Morgan fingerprint density at radius 1 is 1.45 bits per heavy atom. The molecule has 1 atom stereocenters. The third-order valence-electron chi connectivity index (χ3n) is 2.79. The molecule has 1 unspecified atom stereocenters. The predicted octanol–water partition coefficient (Wildman–Crippen LogP) is 2.56. The van der Waals surface area contributed by atoms with Gasteiger partial charge in [0.15, 0.2) is 5.69 Å². The molecule has 0 aliphatic rings. The van der Waals surface area contributed by atoms with Gasteiger partial charge >= 0.3 is 5.97 Å². The lowest BCUT2D eigenvalue weighted by atomic mass is 10.1. The highest BCUT2D eigenvalue weighted by molar-refractivity contribution is 5.85. The van der Waals surface area contributed by atoms with Crippen LogP contribution in [0.3, 0.4) is 0 Å². The van der Waals surface area contributed by atoms with E-state index in [1.54, 1.807) is 31.6 Å². The largest absolute Gasteiger partial charge is 0.477 e. The normalized spacial score (nSPS) is 12.1. The molecule has 0 fully saturated rings. The molecule has 2 N–H and O–H groups in total. The smallest absolute Gasteiger partial charge is 0.354 e. The maximum atomic E-state index is 10.9. The summed E-state index contributed by atoms with van der Waals surface area (Å²) in [4.78, 5) is 14.9. The number of aromatic nitrogens is 1. The number of carboxylic acid groups (broad SMARTS) is 1. The molecule has 0 aromatic carbocycles. The molecule has 20 heavy (non-hydrogen) atoms. The van der Waals surface area contributed by atoms with Crippen LogP contribution in [0.2, 0.25) is 0 Å². The molecule has 2 aromatic heterocycles. The second-order valence-corrected chi connectivity index (χ2v) is 4.21. The first-order chi connectivity index (χ1) is 9.70. The van der Waals surface area contributed by atoms with Crippen molar-refractivity contribution in [3.8, 4) is 0 Å². The van der Waals surface area contributed by atoms with E-state index in [2.05, 4.69) is 10.3 Å². The summed E-state index contributed by atoms with van der Waals surface area (Å²) >= 11 is 0. The van der Waals surface area contributed by atoms with Crippen molar-refractivity contribution in [3.63, 3.8) is 0 Å². The van der Waals surface area contributed by atoms with Crippen LogP contribution in [0.15, 0.2) is 41.0 Å². The fourth-order valence-electron chi connectivity index (χ4n) is 1.82. The Bertz CT molecular complexity index is 554. The number of hydrogen-bond donors (Lipinski definition) is 2. The molecule has 2 rings (SSSR count). The second kappa shape index (κ2) is 6.72. The van der Waals surface area contributed by atoms with Gasteiger partial charge < -0.3 is 19.6 Å². The number of hydrogen-bond acceptors (Lipinski definition) is 5. The summed E-state index contributed by atoms with van der Waals surface area (Å²) in [6, 6.07) is 8.35. The Morgan fingerprint density at radius 2 is 2.30 bits per heavy atom. The molecule has 2 heterocycles. The molecule has 0 bridgehead atoms. The highest BCUT2D eigenvalue weighted by Gasteiger charge is 2.15. The van der Waals surface area contributed by atoms with Crippen molar-refractivity contribution >= 4 is 11.8 Å². The van der Waals surface area contributed by atoms with Crippen LogP contribution in [-0.4, -0.2) is 29.8 Å². The lowest BCUT2D eigenvalue weighted by molar-refractivity contribution is 0.0690. The molecular weight excluding hydrogens is 260 g/mol. The fourth-order valence-corrected chi connectivity index (χ4v) is 1.82. The zero-order chi connectivity index (χ0) is 14.4. The minimum absolute atomic E-state index is 0.0000589. The summed E-state index contributed by atoms with van der Waals surface area (Å²) < 4.78 is 10.5. The molecule has 106 valence electrons. The van der Waals surface area contributed by atoms with Gasteiger partial charge in [-0.05, 0) is 30.7 Å². The number of pyridine rings is 1. The molecule has 0 spiro atoms. The molecule has 0 aliphatic carbocycles. The highest BCUT2D eigenvalue weighted by Crippen LogP contribution is 2.22. The molecule has 6 nitrogen and oxygen atoms in total. The zero-order valence-corrected chi connectivity index (χ0v) is 11.1. The van der Waals surface area contributed by atoms with Gasteiger partial charge in [-0.25, -0.2) is 9.78 Å². The van der Waals surface area contributed by atoms with Crippen molar-refractivity contribution in [3.05, 3.63) is 48.0 Å². The van der Waals surface area contributed by atoms with E-state index in [9.17, 15) is 4.79 Å². The number of carbonyl (C=O) groups is 1. The Hall–Kier alpha value is -2.34. The third-order valence-corrected chi connectivity index (χ3v) is 2.79. The first-order valence-electron chi connectivity index (χ1n) is 6.20. The van der Waals surface area contributed by atoms with Crippen LogP contribution in [0.1, 0.15) is 28.7 Å². The minimum Gasteiger partial charge on any atom is -0.477 e. The maximum Gasteiger partial charge on any atom is 0.354 e. The van der Waals surface area contributed by atoms with Crippen LogP contribution in [0.5, 0.6) is 0 Å². The molecule has 0 aliphatic heterocycles. The fraction of sp³-hybridized carbons (Fsp3) is 0.286. The quantitative estimate of drug-likeness (QED) is 0.808. The molecule has 2 aromatic rings. The summed E-state index contributed by atoms with van der Waals surface area (Å²) in [6.45, 7) is 0.553. The number of nitrogens with zero attached hydrogens (tertiary/aromatic N) is 1. The zero-order valence-electron chi connectivity index (χ0n) is 11.1. The van der Waals surface area contributed by atoms with Gasteiger partial charge in [-0.3, -0.25) is 0 Å². The number of furan rings is 1. The van der Waals surface area contributed by atoms with E-state index >= 15 is 0 Å². The van der Waals surface area contributed by atoms with Crippen molar-refractivity contribution in [1.29, 1.82) is 0 Å². The average Bonchev–Trinajstić information content (AvgIpc) is 2.97. The molecule has 0 saturated heterocycles. The van der Waals surface area contributed by atoms with E-state index in [1.165, 1.54) is 6.07 Å². The van der Waals surface area contributed by atoms with Gasteiger partial charge in [0.05, 0.1) is 12.3 Å². The lowest BCUT2D eigenvalue weighted by Crippen LogP contribution is -2.14. The Kier molecular flexibility index (Phi) is 4.73. The predicted molar refractivity (Wildman–Crippen MR) is 72.8 cm³/mol. The SMILES string of the molecule is COCCC(Nc1cccc(C(=O)O)n1)c1ccco1. The average molecular weight is 276 g/mol. The summed E-state index contributed by atoms with van der Waals surface area (Å²) in [5.41, 5.74) is -0.0000589. The molecule has 0 saturated carbocycles. The number of carboxylic acids is 1. The van der Waals surface area contributed by atoms with E-state index in [1.807, 2.05) is 6.07 Å². The molecule has 6 heteroatoms. The Balaban J connectivity index is 2.15. The van der Waals surface area contributed by atoms with Crippen LogP contribution in [0.4, 0.5) is 5.82 Å². The van der Waals surface area contributed by atoms with Crippen molar-refractivity contribution in [2.45, 2.75) is 12.5 Å². The van der Waals surface area contributed by atoms with Gasteiger partial charge in [-0.1, -0.05) is 6.07 Å². The first-order valence-corrected chi connectivity index (χ1v) is 6.20. The topological polar surface area (TPSA) is 84.6 Å². The van der Waals surface area contributed by atoms with Crippen molar-refractivity contribution in [1.82, 2.24) is 4.98 Å². The van der Waals surface area contributed by atoms with Crippen LogP contribution >= 0.6 is 0 Å². The van der Waals surface area contributed by atoms with Crippen molar-refractivity contribution in [2.24, 2.45) is 0 Å². The van der Waals surface area contributed by atoms with Crippen LogP contribution < -0.4 is 5.32 Å². The summed E-state index contributed by atoms with van der Waals surface area (Å²) in [5, 5.41) is 12.1. The van der Waals surface area contributed by atoms with Gasteiger partial charge in [0, 0.05) is 13.7 Å². The summed E-state index contributed by atoms with van der Waals surface area (Å²) in [5.74, 6) is 0.187. The number of nitrogens with one attached hydrogen (secondary N) is 1. The first kappa shape index (κ1) is 14.1. The summed E-state index contributed by atoms with van der Waals surface area (Å²) in [6.07, 6.45) is 2.28. The van der Waals surface area contributed by atoms with Crippen molar-refractivity contribution < 1.29 is 19.1 Å². The maximum absolute atomic E-state index is 10.9. The number of anilines is 1. The molecular formula is C14H16N2O4. The van der Waals surface area contributed by atoms with Gasteiger partial charge in [0.1, 0.15) is 11.6 Å². The van der Waals surface area contributed by atoms with Crippen LogP contribution in [0, 0.1) is 0 Å². The van der Waals surface area contributed by atoms with E-state index in [4.69, 9.17) is 14.3 Å². The number of ether oxygens (including phenoxy) is 1. The second-order valence-electron chi connectivity index (χ2n) is 4.21. The van der Waals surface area contributed by atoms with Crippen molar-refractivity contribution in [2.75, 3.05) is 19.0 Å². The molecule has 0 amide bonds. The van der Waals surface area contributed by atoms with E-state index in [-0.39, 0.29) is 11.7 Å². The van der Waals surface area contributed by atoms with Gasteiger partial charge in [-0.15, -0.1) is 0 Å². The standard InChI is InChI=1S/C14H16N2O4/c1-19-9-7-10(12-5-3-8-20-12)15-13-6-2-4-11(16-13)14(17)18/h2-6,8,10H,7,9H2,1H3,(H,15,16)(H,17,18). The number of aromatic carboxylic acids is 1. The Morgan fingerprint density at radius 3 is 2.95 bits per heavy atom.